The van der Waals surface area contributed by atoms with E-state index in [-0.39, 0.29) is 11.8 Å². The Morgan fingerprint density at radius 2 is 1.68 bits per heavy atom. The van der Waals surface area contributed by atoms with Crippen molar-refractivity contribution in [1.82, 2.24) is 19.6 Å². The smallest absolute Gasteiger partial charge is 0.257 e. The van der Waals surface area contributed by atoms with Gasteiger partial charge in [-0.1, -0.05) is 42.8 Å². The van der Waals surface area contributed by atoms with Gasteiger partial charge < -0.3 is 9.80 Å². The van der Waals surface area contributed by atoms with E-state index in [1.54, 1.807) is 6.20 Å². The van der Waals surface area contributed by atoms with Gasteiger partial charge in [-0.15, -0.1) is 0 Å². The Labute approximate surface area is 200 Å². The molecule has 0 radical (unpaired) electrons. The Morgan fingerprint density at radius 3 is 2.41 bits per heavy atom. The number of benzene rings is 2. The molecule has 0 spiro atoms. The van der Waals surface area contributed by atoms with E-state index < -0.39 is 0 Å². The van der Waals surface area contributed by atoms with Crippen LogP contribution in [0.25, 0.3) is 5.69 Å². The van der Waals surface area contributed by atoms with E-state index in [9.17, 15) is 9.59 Å². The summed E-state index contributed by atoms with van der Waals surface area (Å²) in [6.45, 7) is 7.87. The van der Waals surface area contributed by atoms with Crippen LogP contribution < -0.4 is 4.90 Å². The van der Waals surface area contributed by atoms with Gasteiger partial charge in [0.25, 0.3) is 5.91 Å². The molecular weight excluding hydrogens is 426 g/mol. The van der Waals surface area contributed by atoms with E-state index >= 15 is 0 Å². The maximum Gasteiger partial charge on any atom is 0.257 e. The standard InChI is InChI=1S/C27H31N5O2/c1-3-24-23(18-28-32(24)22-10-8-20(2)9-11-22)27(34)30-16-14-29(15-17-30)19-26(33)31-13-12-21-6-4-5-7-25(21)31/h4-11,18H,3,12-17,19H2,1-2H3. The highest BCUT2D eigenvalue weighted by Crippen LogP contribution is 2.27. The van der Waals surface area contributed by atoms with Crippen LogP contribution in [-0.4, -0.2) is 70.7 Å². The number of anilines is 1. The molecular formula is C27H31N5O2. The van der Waals surface area contributed by atoms with Crippen molar-refractivity contribution in [3.63, 3.8) is 0 Å². The molecule has 2 aliphatic rings. The zero-order valence-corrected chi connectivity index (χ0v) is 19.9. The third kappa shape index (κ3) is 4.23. The first-order valence-corrected chi connectivity index (χ1v) is 12.1. The number of amides is 2. The molecule has 0 bridgehead atoms. The molecule has 1 aromatic heterocycles. The molecule has 7 heteroatoms. The summed E-state index contributed by atoms with van der Waals surface area (Å²) in [6.07, 6.45) is 3.34. The van der Waals surface area contributed by atoms with Crippen molar-refractivity contribution in [2.45, 2.75) is 26.7 Å². The molecule has 0 unspecified atom stereocenters. The summed E-state index contributed by atoms with van der Waals surface area (Å²) in [4.78, 5) is 32.2. The van der Waals surface area contributed by atoms with Crippen LogP contribution in [0, 0.1) is 6.92 Å². The van der Waals surface area contributed by atoms with Crippen LogP contribution in [0.4, 0.5) is 5.69 Å². The number of aromatic nitrogens is 2. The monoisotopic (exact) mass is 457 g/mol. The largest absolute Gasteiger partial charge is 0.336 e. The van der Waals surface area contributed by atoms with Crippen LogP contribution in [0.3, 0.4) is 0 Å². The van der Waals surface area contributed by atoms with E-state index in [0.717, 1.165) is 36.5 Å². The molecule has 2 amide bonds. The lowest BCUT2D eigenvalue weighted by molar-refractivity contribution is -0.120. The maximum absolute atomic E-state index is 13.3. The van der Waals surface area contributed by atoms with Crippen LogP contribution in [0.1, 0.15) is 34.1 Å². The van der Waals surface area contributed by atoms with Crippen LogP contribution in [-0.2, 0) is 17.6 Å². The van der Waals surface area contributed by atoms with E-state index in [0.29, 0.717) is 38.3 Å². The van der Waals surface area contributed by atoms with Crippen molar-refractivity contribution < 1.29 is 9.59 Å². The lowest BCUT2D eigenvalue weighted by Crippen LogP contribution is -2.51. The fourth-order valence-corrected chi connectivity index (χ4v) is 4.95. The van der Waals surface area contributed by atoms with Gasteiger partial charge >= 0.3 is 0 Å². The number of rotatable bonds is 5. The minimum atomic E-state index is 0.0228. The number of carbonyl (C=O) groups excluding carboxylic acids is 2. The third-order valence-electron chi connectivity index (χ3n) is 6.92. The van der Waals surface area contributed by atoms with Gasteiger partial charge in [-0.2, -0.15) is 5.10 Å². The number of para-hydroxylation sites is 1. The molecule has 7 nitrogen and oxygen atoms in total. The average molecular weight is 458 g/mol. The molecule has 0 saturated carbocycles. The molecule has 176 valence electrons. The van der Waals surface area contributed by atoms with Gasteiger partial charge in [-0.3, -0.25) is 14.5 Å². The highest BCUT2D eigenvalue weighted by Gasteiger charge is 2.29. The molecule has 1 fully saturated rings. The number of aryl methyl sites for hydroxylation is 1. The molecule has 3 heterocycles. The van der Waals surface area contributed by atoms with Crippen molar-refractivity contribution in [3.05, 3.63) is 77.1 Å². The van der Waals surface area contributed by atoms with Gasteiger partial charge in [-0.25, -0.2) is 4.68 Å². The molecule has 0 N–H and O–H groups in total. The number of hydrogen-bond acceptors (Lipinski definition) is 4. The second-order valence-corrected chi connectivity index (χ2v) is 9.10. The number of carbonyl (C=O) groups is 2. The Hall–Kier alpha value is -3.45. The molecule has 5 rings (SSSR count). The Morgan fingerprint density at radius 1 is 0.941 bits per heavy atom. The first-order valence-electron chi connectivity index (χ1n) is 12.1. The number of hydrogen-bond donors (Lipinski definition) is 0. The zero-order valence-electron chi connectivity index (χ0n) is 19.9. The molecule has 3 aromatic rings. The van der Waals surface area contributed by atoms with Gasteiger partial charge in [0.1, 0.15) is 0 Å². The van der Waals surface area contributed by atoms with Crippen LogP contribution in [0.2, 0.25) is 0 Å². The van der Waals surface area contributed by atoms with Gasteiger partial charge in [-0.05, 0) is 43.5 Å². The normalized spacial score (nSPS) is 16.1. The van der Waals surface area contributed by atoms with Crippen LogP contribution in [0.15, 0.2) is 54.7 Å². The molecule has 2 aromatic carbocycles. The lowest BCUT2D eigenvalue weighted by Gasteiger charge is -2.35. The second kappa shape index (κ2) is 9.43. The van der Waals surface area contributed by atoms with Crippen molar-refractivity contribution >= 4 is 17.5 Å². The third-order valence-corrected chi connectivity index (χ3v) is 6.92. The summed E-state index contributed by atoms with van der Waals surface area (Å²) in [5, 5.41) is 4.53. The first kappa shape index (κ1) is 22.3. The van der Waals surface area contributed by atoms with Crippen LogP contribution in [0.5, 0.6) is 0 Å². The molecule has 0 aliphatic carbocycles. The fraction of sp³-hybridized carbons (Fsp3) is 0.370. The molecule has 0 atom stereocenters. The second-order valence-electron chi connectivity index (χ2n) is 9.10. The summed E-state index contributed by atoms with van der Waals surface area (Å²) >= 11 is 0. The summed E-state index contributed by atoms with van der Waals surface area (Å²) in [6, 6.07) is 16.3. The lowest BCUT2D eigenvalue weighted by atomic mass is 10.1. The van der Waals surface area contributed by atoms with Crippen LogP contribution >= 0.6 is 0 Å². The van der Waals surface area contributed by atoms with Gasteiger partial charge in [0.15, 0.2) is 0 Å². The first-order chi connectivity index (χ1) is 16.5. The number of piperazine rings is 1. The summed E-state index contributed by atoms with van der Waals surface area (Å²) < 4.78 is 1.87. The minimum absolute atomic E-state index is 0.0228. The van der Waals surface area contributed by atoms with E-state index in [2.05, 4.69) is 42.0 Å². The Balaban J connectivity index is 1.21. The predicted octanol–water partition coefficient (Wildman–Crippen LogP) is 3.09. The van der Waals surface area contributed by atoms with E-state index in [4.69, 9.17) is 0 Å². The quantitative estimate of drug-likeness (QED) is 0.591. The van der Waals surface area contributed by atoms with Crippen molar-refractivity contribution in [2.75, 3.05) is 44.2 Å². The Bertz CT molecular complexity index is 1190. The molecule has 2 aliphatic heterocycles. The topological polar surface area (TPSA) is 61.7 Å². The van der Waals surface area contributed by atoms with Gasteiger partial charge in [0.05, 0.1) is 29.7 Å². The zero-order chi connectivity index (χ0) is 23.7. The van der Waals surface area contributed by atoms with Crippen molar-refractivity contribution in [2.24, 2.45) is 0 Å². The summed E-state index contributed by atoms with van der Waals surface area (Å²) in [5.41, 5.74) is 6.03. The SMILES string of the molecule is CCc1c(C(=O)N2CCN(CC(=O)N3CCc4ccccc43)CC2)cnn1-c1ccc(C)cc1. The van der Waals surface area contributed by atoms with E-state index in [1.165, 1.54) is 11.1 Å². The highest BCUT2D eigenvalue weighted by atomic mass is 16.2. The number of nitrogens with zero attached hydrogens (tertiary/aromatic N) is 5. The average Bonchev–Trinajstić information content (AvgIpc) is 3.49. The van der Waals surface area contributed by atoms with E-state index in [1.807, 2.05) is 44.8 Å². The highest BCUT2D eigenvalue weighted by molar-refractivity contribution is 5.97. The van der Waals surface area contributed by atoms with Crippen molar-refractivity contribution in [1.29, 1.82) is 0 Å². The maximum atomic E-state index is 13.3. The van der Waals surface area contributed by atoms with Gasteiger partial charge in [0, 0.05) is 38.4 Å². The summed E-state index contributed by atoms with van der Waals surface area (Å²) in [7, 11) is 0. The summed E-state index contributed by atoms with van der Waals surface area (Å²) in [5.74, 6) is 0.159. The Kier molecular flexibility index (Phi) is 6.20. The molecule has 1 saturated heterocycles. The minimum Gasteiger partial charge on any atom is -0.336 e. The fourth-order valence-electron chi connectivity index (χ4n) is 4.95. The molecule has 34 heavy (non-hydrogen) atoms. The van der Waals surface area contributed by atoms with Gasteiger partial charge in [0.2, 0.25) is 5.91 Å². The number of fused-ring (bicyclic) bond motifs is 1. The van der Waals surface area contributed by atoms with Crippen molar-refractivity contribution in [3.8, 4) is 5.69 Å². The predicted molar refractivity (Wildman–Crippen MR) is 133 cm³/mol.